The molecule has 0 unspecified atom stereocenters. The molecule has 2 N–H and O–H groups in total. The summed E-state index contributed by atoms with van der Waals surface area (Å²) in [5.74, 6) is -0.245. The van der Waals surface area contributed by atoms with Gasteiger partial charge in [0.15, 0.2) is 0 Å². The number of hydrogen-bond acceptors (Lipinski definition) is 5. The van der Waals surface area contributed by atoms with Gasteiger partial charge in [-0.05, 0) is 6.92 Å². The lowest BCUT2D eigenvalue weighted by molar-refractivity contribution is -0.237. The summed E-state index contributed by atoms with van der Waals surface area (Å²) in [7, 11) is 0. The molecule has 106 valence electrons. The Hall–Kier alpha value is -0.980. The highest BCUT2D eigenvalue weighted by atomic mass is 32.1. The van der Waals surface area contributed by atoms with Crippen LogP contribution in [0.25, 0.3) is 0 Å². The van der Waals surface area contributed by atoms with Gasteiger partial charge in [-0.15, -0.1) is 11.3 Å². The molecule has 1 aromatic rings. The van der Waals surface area contributed by atoms with Crippen LogP contribution in [0.3, 0.4) is 0 Å². The third-order valence-corrected chi connectivity index (χ3v) is 4.69. The molecule has 2 atom stereocenters. The van der Waals surface area contributed by atoms with Gasteiger partial charge in [0.05, 0.1) is 17.2 Å². The first kappa shape index (κ1) is 14.4. The van der Waals surface area contributed by atoms with E-state index in [1.807, 2.05) is 20.8 Å². The van der Waals surface area contributed by atoms with Gasteiger partial charge >= 0.3 is 0 Å². The lowest BCUT2D eigenvalue weighted by Crippen LogP contribution is -2.68. The first-order chi connectivity index (χ1) is 8.90. The second-order valence-electron chi connectivity index (χ2n) is 5.46. The first-order valence-corrected chi connectivity index (χ1v) is 7.35. The van der Waals surface area contributed by atoms with E-state index in [4.69, 9.17) is 4.74 Å². The van der Waals surface area contributed by atoms with Crippen LogP contribution in [0.5, 0.6) is 0 Å². The third-order valence-electron chi connectivity index (χ3n) is 4.10. The number of aromatic nitrogens is 1. The number of nitrogens with zero attached hydrogens (tertiary/aromatic N) is 1. The Kier molecular flexibility index (Phi) is 3.94. The van der Waals surface area contributed by atoms with Gasteiger partial charge in [-0.25, -0.2) is 4.98 Å². The zero-order valence-corrected chi connectivity index (χ0v) is 12.3. The van der Waals surface area contributed by atoms with Crippen LogP contribution in [0.2, 0.25) is 0 Å². The van der Waals surface area contributed by atoms with Crippen molar-refractivity contribution in [3.63, 3.8) is 0 Å². The summed E-state index contributed by atoms with van der Waals surface area (Å²) in [5.41, 5.74) is 0.728. The van der Waals surface area contributed by atoms with Crippen molar-refractivity contribution in [1.82, 2.24) is 10.3 Å². The van der Waals surface area contributed by atoms with Crippen LogP contribution < -0.4 is 5.32 Å². The molecule has 0 radical (unpaired) electrons. The molecule has 0 aliphatic heterocycles. The maximum atomic E-state index is 11.8. The van der Waals surface area contributed by atoms with E-state index < -0.39 is 5.60 Å². The van der Waals surface area contributed by atoms with Gasteiger partial charge < -0.3 is 15.2 Å². The Balaban J connectivity index is 1.91. The minimum absolute atomic E-state index is 0.0404. The van der Waals surface area contributed by atoms with Crippen molar-refractivity contribution >= 4 is 17.2 Å². The van der Waals surface area contributed by atoms with E-state index in [0.717, 1.165) is 0 Å². The SMILES string of the molecule is CCO[C@H]1C[C@](O)(CNC(=O)c2cscn2)C1(C)C. The van der Waals surface area contributed by atoms with Gasteiger partial charge in [0.1, 0.15) is 5.69 Å². The highest BCUT2D eigenvalue weighted by Crippen LogP contribution is 2.50. The zero-order chi connectivity index (χ0) is 14.1. The van der Waals surface area contributed by atoms with Crippen molar-refractivity contribution < 1.29 is 14.6 Å². The molecule has 1 fully saturated rings. The van der Waals surface area contributed by atoms with Crippen molar-refractivity contribution in [2.24, 2.45) is 5.41 Å². The molecule has 1 amide bonds. The third kappa shape index (κ3) is 2.52. The number of hydrogen-bond donors (Lipinski definition) is 2. The number of amides is 1. The minimum atomic E-state index is -0.918. The van der Waals surface area contributed by atoms with Crippen molar-refractivity contribution in [1.29, 1.82) is 0 Å². The van der Waals surface area contributed by atoms with Crippen LogP contribution in [0, 0.1) is 5.41 Å². The summed E-state index contributed by atoms with van der Waals surface area (Å²) in [6.07, 6.45) is 0.587. The van der Waals surface area contributed by atoms with Crippen molar-refractivity contribution in [2.45, 2.75) is 38.9 Å². The van der Waals surface area contributed by atoms with Crippen molar-refractivity contribution in [3.8, 4) is 0 Å². The van der Waals surface area contributed by atoms with Gasteiger partial charge in [0.25, 0.3) is 5.91 Å². The van der Waals surface area contributed by atoms with Crippen LogP contribution >= 0.6 is 11.3 Å². The molecule has 0 saturated heterocycles. The Morgan fingerprint density at radius 1 is 1.68 bits per heavy atom. The molecule has 6 heteroatoms. The van der Waals surface area contributed by atoms with Gasteiger partial charge in [-0.2, -0.15) is 0 Å². The maximum Gasteiger partial charge on any atom is 0.270 e. The predicted octanol–water partition coefficient (Wildman–Crippen LogP) is 1.44. The fourth-order valence-corrected chi connectivity index (χ4v) is 2.94. The number of ether oxygens (including phenoxy) is 1. The molecule has 1 aliphatic rings. The highest BCUT2D eigenvalue weighted by molar-refractivity contribution is 7.07. The molecule has 1 saturated carbocycles. The molecule has 19 heavy (non-hydrogen) atoms. The number of rotatable bonds is 5. The lowest BCUT2D eigenvalue weighted by Gasteiger charge is -2.57. The first-order valence-electron chi connectivity index (χ1n) is 6.41. The second-order valence-corrected chi connectivity index (χ2v) is 6.18. The topological polar surface area (TPSA) is 71.5 Å². The number of aliphatic hydroxyl groups is 1. The lowest BCUT2D eigenvalue weighted by atomic mass is 9.56. The van der Waals surface area contributed by atoms with E-state index in [9.17, 15) is 9.90 Å². The molecule has 0 bridgehead atoms. The summed E-state index contributed by atoms with van der Waals surface area (Å²) in [6, 6.07) is 0. The van der Waals surface area contributed by atoms with Gasteiger partial charge in [-0.3, -0.25) is 4.79 Å². The molecular formula is C13H20N2O3S. The highest BCUT2D eigenvalue weighted by Gasteiger charge is 2.59. The predicted molar refractivity (Wildman–Crippen MR) is 73.2 cm³/mol. The van der Waals surface area contributed by atoms with Crippen LogP contribution in [-0.2, 0) is 4.74 Å². The normalized spacial score (nSPS) is 28.7. The second kappa shape index (κ2) is 5.19. The Morgan fingerprint density at radius 3 is 2.95 bits per heavy atom. The summed E-state index contributed by atoms with van der Waals surface area (Å²) in [4.78, 5) is 15.7. The van der Waals surface area contributed by atoms with E-state index in [2.05, 4.69) is 10.3 Å². The number of carbonyl (C=O) groups is 1. The van der Waals surface area contributed by atoms with Crippen LogP contribution in [0.1, 0.15) is 37.7 Å². The largest absolute Gasteiger partial charge is 0.387 e. The maximum absolute atomic E-state index is 11.8. The molecule has 0 spiro atoms. The monoisotopic (exact) mass is 284 g/mol. The Morgan fingerprint density at radius 2 is 2.42 bits per heavy atom. The van der Waals surface area contributed by atoms with E-state index in [1.54, 1.807) is 10.9 Å². The number of carbonyl (C=O) groups excluding carboxylic acids is 1. The van der Waals surface area contributed by atoms with Crippen LogP contribution in [-0.4, -0.2) is 40.9 Å². The molecule has 1 heterocycles. The average Bonchev–Trinajstić information content (AvgIpc) is 2.89. The van der Waals surface area contributed by atoms with E-state index in [0.29, 0.717) is 18.7 Å². The fraction of sp³-hybridized carbons (Fsp3) is 0.692. The van der Waals surface area contributed by atoms with Crippen LogP contribution in [0.15, 0.2) is 10.9 Å². The van der Waals surface area contributed by atoms with Crippen LogP contribution in [0.4, 0.5) is 0 Å². The van der Waals surface area contributed by atoms with Crippen molar-refractivity contribution in [3.05, 3.63) is 16.6 Å². The average molecular weight is 284 g/mol. The van der Waals surface area contributed by atoms with E-state index in [1.165, 1.54) is 11.3 Å². The van der Waals surface area contributed by atoms with Gasteiger partial charge in [0.2, 0.25) is 0 Å². The molecule has 2 rings (SSSR count). The molecule has 5 nitrogen and oxygen atoms in total. The molecular weight excluding hydrogens is 264 g/mol. The summed E-state index contributed by atoms with van der Waals surface area (Å²) in [6.45, 7) is 6.73. The number of nitrogens with one attached hydrogen (secondary N) is 1. The molecule has 1 aromatic heterocycles. The quantitative estimate of drug-likeness (QED) is 0.858. The van der Waals surface area contributed by atoms with E-state index >= 15 is 0 Å². The van der Waals surface area contributed by atoms with Gasteiger partial charge in [0, 0.05) is 30.4 Å². The fourth-order valence-electron chi connectivity index (χ4n) is 2.40. The summed E-state index contributed by atoms with van der Waals surface area (Å²) >= 11 is 1.37. The minimum Gasteiger partial charge on any atom is -0.387 e. The molecule has 1 aliphatic carbocycles. The molecule has 0 aromatic carbocycles. The smallest absolute Gasteiger partial charge is 0.270 e. The van der Waals surface area contributed by atoms with Crippen molar-refractivity contribution in [2.75, 3.05) is 13.2 Å². The Bertz CT molecular complexity index is 447. The standard InChI is InChI=1S/C13H20N2O3S/c1-4-18-10-5-13(17,12(10,2)3)7-14-11(16)9-6-19-8-15-9/h6,8,10,17H,4-5,7H2,1-3H3,(H,14,16)/t10-,13-/m0/s1. The summed E-state index contributed by atoms with van der Waals surface area (Å²) in [5, 5.41) is 15.0. The van der Waals surface area contributed by atoms with Gasteiger partial charge in [-0.1, -0.05) is 13.8 Å². The zero-order valence-electron chi connectivity index (χ0n) is 11.5. The summed E-state index contributed by atoms with van der Waals surface area (Å²) < 4.78 is 5.58. The van der Waals surface area contributed by atoms with E-state index in [-0.39, 0.29) is 24.0 Å². The Labute approximate surface area is 117 Å². The number of thiazole rings is 1.